The van der Waals surface area contributed by atoms with Crippen molar-refractivity contribution >= 4 is 0 Å². The van der Waals surface area contributed by atoms with Crippen LogP contribution in [0.3, 0.4) is 0 Å². The second kappa shape index (κ2) is 6.78. The van der Waals surface area contributed by atoms with Crippen LogP contribution in [0.15, 0.2) is 18.2 Å². The number of hydrogen-bond donors (Lipinski definition) is 2. The number of phenolic OH excluding ortho intramolecular Hbond substituents is 1. The third-order valence-electron chi connectivity index (χ3n) is 3.90. The summed E-state index contributed by atoms with van der Waals surface area (Å²) in [6, 6.07) is 5.58. The van der Waals surface area contributed by atoms with Crippen LogP contribution in [0.25, 0.3) is 0 Å². The Bertz CT molecular complexity index is 401. The van der Waals surface area contributed by atoms with Crippen molar-refractivity contribution in [3.8, 4) is 11.5 Å². The Morgan fingerprint density at radius 2 is 1.95 bits per heavy atom. The molecule has 0 aliphatic carbocycles. The van der Waals surface area contributed by atoms with Crippen molar-refractivity contribution in [3.05, 3.63) is 23.8 Å². The third kappa shape index (κ3) is 3.39. The third-order valence-corrected chi connectivity index (χ3v) is 3.90. The molecule has 1 aliphatic heterocycles. The molecule has 0 amide bonds. The SMILES string of the molecule is COc1ccc(C(CN)N2CCCCCC2)c(O)c1. The molecule has 4 nitrogen and oxygen atoms in total. The lowest BCUT2D eigenvalue weighted by atomic mass is 10.0. The van der Waals surface area contributed by atoms with Gasteiger partial charge in [-0.15, -0.1) is 0 Å². The summed E-state index contributed by atoms with van der Waals surface area (Å²) < 4.78 is 5.12. The Hall–Kier alpha value is -1.26. The number of nitrogens with two attached hydrogens (primary N) is 1. The number of aromatic hydroxyl groups is 1. The molecule has 0 radical (unpaired) electrons. The molecule has 0 bridgehead atoms. The predicted octanol–water partition coefficient (Wildman–Crippen LogP) is 2.28. The Morgan fingerprint density at radius 3 is 2.47 bits per heavy atom. The van der Waals surface area contributed by atoms with E-state index in [4.69, 9.17) is 10.5 Å². The van der Waals surface area contributed by atoms with Crippen LogP contribution in [0, 0.1) is 0 Å². The average molecular weight is 264 g/mol. The average Bonchev–Trinajstić information content (AvgIpc) is 2.70. The van der Waals surface area contributed by atoms with Crippen LogP contribution < -0.4 is 10.5 Å². The first-order valence-corrected chi connectivity index (χ1v) is 7.07. The normalized spacial score (nSPS) is 18.8. The predicted molar refractivity (Wildman–Crippen MR) is 76.5 cm³/mol. The van der Waals surface area contributed by atoms with Crippen molar-refractivity contribution in [1.82, 2.24) is 4.90 Å². The number of likely N-dealkylation sites (tertiary alicyclic amines) is 1. The van der Waals surface area contributed by atoms with Crippen LogP contribution in [0.1, 0.15) is 37.3 Å². The number of ether oxygens (including phenoxy) is 1. The van der Waals surface area contributed by atoms with Gasteiger partial charge in [0.05, 0.1) is 13.2 Å². The second-order valence-electron chi connectivity index (χ2n) is 5.13. The van der Waals surface area contributed by atoms with E-state index in [9.17, 15) is 5.11 Å². The van der Waals surface area contributed by atoms with Gasteiger partial charge in [-0.2, -0.15) is 0 Å². The molecule has 1 heterocycles. The van der Waals surface area contributed by atoms with Gasteiger partial charge in [0.25, 0.3) is 0 Å². The molecule has 106 valence electrons. The highest BCUT2D eigenvalue weighted by molar-refractivity contribution is 5.41. The Labute approximate surface area is 115 Å². The van der Waals surface area contributed by atoms with Crippen LogP contribution in [-0.2, 0) is 0 Å². The van der Waals surface area contributed by atoms with Gasteiger partial charge in [-0.1, -0.05) is 18.9 Å². The van der Waals surface area contributed by atoms with Crippen molar-refractivity contribution in [3.63, 3.8) is 0 Å². The monoisotopic (exact) mass is 264 g/mol. The van der Waals surface area contributed by atoms with Gasteiger partial charge in [0.1, 0.15) is 11.5 Å². The van der Waals surface area contributed by atoms with E-state index in [2.05, 4.69) is 4.90 Å². The molecule has 1 aliphatic rings. The zero-order valence-electron chi connectivity index (χ0n) is 11.6. The summed E-state index contributed by atoms with van der Waals surface area (Å²) in [5.74, 6) is 0.951. The molecule has 4 heteroatoms. The van der Waals surface area contributed by atoms with E-state index < -0.39 is 0 Å². The smallest absolute Gasteiger partial charge is 0.124 e. The molecule has 1 fully saturated rings. The number of methoxy groups -OCH3 is 1. The van der Waals surface area contributed by atoms with Crippen LogP contribution in [0.2, 0.25) is 0 Å². The van der Waals surface area contributed by atoms with E-state index in [1.165, 1.54) is 25.7 Å². The Kier molecular flexibility index (Phi) is 5.05. The summed E-state index contributed by atoms with van der Waals surface area (Å²) in [4.78, 5) is 2.40. The van der Waals surface area contributed by atoms with Crippen molar-refractivity contribution in [1.29, 1.82) is 0 Å². The van der Waals surface area contributed by atoms with E-state index in [-0.39, 0.29) is 11.8 Å². The maximum absolute atomic E-state index is 10.2. The lowest BCUT2D eigenvalue weighted by Gasteiger charge is -2.30. The van der Waals surface area contributed by atoms with Gasteiger partial charge in [-0.3, -0.25) is 4.90 Å². The molecular weight excluding hydrogens is 240 g/mol. The number of nitrogens with zero attached hydrogens (tertiary/aromatic N) is 1. The summed E-state index contributed by atoms with van der Waals surface area (Å²) in [5.41, 5.74) is 6.85. The largest absolute Gasteiger partial charge is 0.507 e. The lowest BCUT2D eigenvalue weighted by molar-refractivity contribution is 0.206. The second-order valence-corrected chi connectivity index (χ2v) is 5.13. The fourth-order valence-electron chi connectivity index (χ4n) is 2.81. The molecule has 1 aromatic carbocycles. The summed E-state index contributed by atoms with van der Waals surface area (Å²) in [6.07, 6.45) is 5.02. The molecule has 0 spiro atoms. The fraction of sp³-hybridized carbons (Fsp3) is 0.600. The van der Waals surface area contributed by atoms with Crippen molar-refractivity contribution in [2.75, 3.05) is 26.7 Å². The van der Waals surface area contributed by atoms with Crippen LogP contribution in [-0.4, -0.2) is 36.8 Å². The Morgan fingerprint density at radius 1 is 1.26 bits per heavy atom. The molecule has 1 unspecified atom stereocenters. The molecular formula is C15H24N2O2. The molecule has 1 saturated heterocycles. The fourth-order valence-corrected chi connectivity index (χ4v) is 2.81. The lowest BCUT2D eigenvalue weighted by Crippen LogP contribution is -2.34. The van der Waals surface area contributed by atoms with Crippen LogP contribution in [0.5, 0.6) is 11.5 Å². The first-order chi connectivity index (χ1) is 9.26. The summed E-state index contributed by atoms with van der Waals surface area (Å²) >= 11 is 0. The number of rotatable bonds is 4. The molecule has 3 N–H and O–H groups in total. The first-order valence-electron chi connectivity index (χ1n) is 7.07. The molecule has 0 aromatic heterocycles. The van der Waals surface area contributed by atoms with E-state index in [0.29, 0.717) is 12.3 Å². The molecule has 1 atom stereocenters. The summed E-state index contributed by atoms with van der Waals surface area (Å²) in [6.45, 7) is 2.65. The number of hydrogen-bond acceptors (Lipinski definition) is 4. The molecule has 1 aromatic rings. The highest BCUT2D eigenvalue weighted by Crippen LogP contribution is 2.32. The number of benzene rings is 1. The van der Waals surface area contributed by atoms with Crippen molar-refractivity contribution in [2.45, 2.75) is 31.7 Å². The van der Waals surface area contributed by atoms with Gasteiger partial charge in [-0.05, 0) is 32.0 Å². The molecule has 19 heavy (non-hydrogen) atoms. The van der Waals surface area contributed by atoms with Gasteiger partial charge in [-0.25, -0.2) is 0 Å². The van der Waals surface area contributed by atoms with Gasteiger partial charge >= 0.3 is 0 Å². The van der Waals surface area contributed by atoms with Crippen molar-refractivity contribution < 1.29 is 9.84 Å². The summed E-state index contributed by atoms with van der Waals surface area (Å²) in [5, 5.41) is 10.2. The topological polar surface area (TPSA) is 58.7 Å². The van der Waals surface area contributed by atoms with E-state index in [0.717, 1.165) is 18.7 Å². The highest BCUT2D eigenvalue weighted by Gasteiger charge is 2.22. The minimum Gasteiger partial charge on any atom is -0.507 e. The Balaban J connectivity index is 2.20. The van der Waals surface area contributed by atoms with Gasteiger partial charge in [0.2, 0.25) is 0 Å². The van der Waals surface area contributed by atoms with E-state index in [1.807, 2.05) is 12.1 Å². The quantitative estimate of drug-likeness (QED) is 0.876. The van der Waals surface area contributed by atoms with E-state index in [1.54, 1.807) is 13.2 Å². The maximum atomic E-state index is 10.2. The van der Waals surface area contributed by atoms with Crippen LogP contribution in [0.4, 0.5) is 0 Å². The minimum atomic E-state index is 0.101. The standard InChI is InChI=1S/C15H24N2O2/c1-19-12-6-7-13(15(18)10-12)14(11-16)17-8-4-2-3-5-9-17/h6-7,10,14,18H,2-5,8-9,11,16H2,1H3. The van der Waals surface area contributed by atoms with Gasteiger partial charge in [0.15, 0.2) is 0 Å². The van der Waals surface area contributed by atoms with Gasteiger partial charge < -0.3 is 15.6 Å². The minimum absolute atomic E-state index is 0.101. The molecule has 2 rings (SSSR count). The highest BCUT2D eigenvalue weighted by atomic mass is 16.5. The zero-order chi connectivity index (χ0) is 13.7. The van der Waals surface area contributed by atoms with Crippen LogP contribution >= 0.6 is 0 Å². The maximum Gasteiger partial charge on any atom is 0.124 e. The molecule has 0 saturated carbocycles. The number of phenols is 1. The van der Waals surface area contributed by atoms with E-state index >= 15 is 0 Å². The summed E-state index contributed by atoms with van der Waals surface area (Å²) in [7, 11) is 1.60. The van der Waals surface area contributed by atoms with Crippen molar-refractivity contribution in [2.24, 2.45) is 5.73 Å². The first kappa shape index (κ1) is 14.2. The van der Waals surface area contributed by atoms with Gasteiger partial charge in [0, 0.05) is 18.2 Å². The zero-order valence-corrected chi connectivity index (χ0v) is 11.6.